The normalized spacial score (nSPS) is 16.3. The molecule has 0 aliphatic carbocycles. The maximum atomic E-state index is 12.7. The molecule has 2 heterocycles. The second kappa shape index (κ2) is 8.69. The summed E-state index contributed by atoms with van der Waals surface area (Å²) in [7, 11) is -3.75. The Hall–Kier alpha value is -2.16. The number of hydrogen-bond acceptors (Lipinski definition) is 6. The Morgan fingerprint density at radius 1 is 1.07 bits per heavy atom. The fourth-order valence-corrected chi connectivity index (χ4v) is 4.36. The molecule has 1 aliphatic heterocycles. The maximum Gasteiger partial charge on any atom is 0.374 e. The lowest BCUT2D eigenvalue weighted by Crippen LogP contribution is -2.48. The molecule has 146 valence electrons. The second-order valence-electron chi connectivity index (χ2n) is 6.32. The molecular weight excluding hydrogens is 368 g/mol. The van der Waals surface area contributed by atoms with E-state index < -0.39 is 16.0 Å². The van der Waals surface area contributed by atoms with Gasteiger partial charge in [0.2, 0.25) is 10.9 Å². The molecule has 1 aromatic carbocycles. The zero-order chi connectivity index (χ0) is 19.3. The zero-order valence-electron chi connectivity index (χ0n) is 15.3. The van der Waals surface area contributed by atoms with Crippen molar-refractivity contribution in [2.75, 3.05) is 39.3 Å². The third-order valence-corrected chi connectivity index (χ3v) is 6.32. The van der Waals surface area contributed by atoms with Crippen molar-refractivity contribution in [2.45, 2.75) is 18.4 Å². The molecule has 1 fully saturated rings. The van der Waals surface area contributed by atoms with E-state index in [4.69, 9.17) is 9.15 Å². The van der Waals surface area contributed by atoms with Gasteiger partial charge in [0.1, 0.15) is 0 Å². The Morgan fingerprint density at radius 2 is 1.78 bits per heavy atom. The molecule has 7 nitrogen and oxygen atoms in total. The van der Waals surface area contributed by atoms with Gasteiger partial charge in [0.25, 0.3) is 10.0 Å². The van der Waals surface area contributed by atoms with E-state index in [1.807, 2.05) is 18.2 Å². The van der Waals surface area contributed by atoms with Crippen LogP contribution < -0.4 is 0 Å². The van der Waals surface area contributed by atoms with Crippen molar-refractivity contribution in [3.05, 3.63) is 53.8 Å². The largest absolute Gasteiger partial charge is 0.460 e. The SMILES string of the molecule is CCOC(=O)c1ccc(S(=O)(=O)N2CCN(CCc3ccccc3)CC2)o1. The third kappa shape index (κ3) is 4.77. The summed E-state index contributed by atoms with van der Waals surface area (Å²) in [6.45, 7) is 4.89. The van der Waals surface area contributed by atoms with Crippen LogP contribution in [0.4, 0.5) is 0 Å². The maximum absolute atomic E-state index is 12.7. The monoisotopic (exact) mass is 392 g/mol. The Labute approximate surface area is 159 Å². The van der Waals surface area contributed by atoms with Crippen LogP contribution in [0.25, 0.3) is 0 Å². The molecule has 1 aromatic heterocycles. The van der Waals surface area contributed by atoms with Gasteiger partial charge in [-0.25, -0.2) is 13.2 Å². The van der Waals surface area contributed by atoms with Gasteiger partial charge in [-0.05, 0) is 31.0 Å². The van der Waals surface area contributed by atoms with Crippen molar-refractivity contribution >= 4 is 16.0 Å². The van der Waals surface area contributed by atoms with Crippen LogP contribution in [-0.2, 0) is 21.2 Å². The molecule has 0 radical (unpaired) electrons. The number of piperazine rings is 1. The quantitative estimate of drug-likeness (QED) is 0.671. The van der Waals surface area contributed by atoms with Gasteiger partial charge in [-0.15, -0.1) is 0 Å². The Balaban J connectivity index is 1.56. The van der Waals surface area contributed by atoms with Gasteiger partial charge in [-0.3, -0.25) is 0 Å². The molecule has 2 aromatic rings. The van der Waals surface area contributed by atoms with Crippen LogP contribution in [0, 0.1) is 0 Å². The first-order chi connectivity index (χ1) is 13.0. The van der Waals surface area contributed by atoms with E-state index in [9.17, 15) is 13.2 Å². The summed E-state index contributed by atoms with van der Waals surface area (Å²) in [5.74, 6) is -0.762. The number of sulfonamides is 1. The fraction of sp³-hybridized carbons (Fsp3) is 0.421. The molecule has 3 rings (SSSR count). The predicted molar refractivity (Wildman–Crippen MR) is 100 cm³/mol. The number of esters is 1. The minimum absolute atomic E-state index is 0.100. The van der Waals surface area contributed by atoms with Crippen molar-refractivity contribution < 1.29 is 22.4 Å². The van der Waals surface area contributed by atoms with E-state index >= 15 is 0 Å². The molecular formula is C19H24N2O5S. The predicted octanol–water partition coefficient (Wildman–Crippen LogP) is 2.01. The first-order valence-corrected chi connectivity index (χ1v) is 10.5. The second-order valence-corrected chi connectivity index (χ2v) is 8.19. The van der Waals surface area contributed by atoms with Crippen LogP contribution in [0.1, 0.15) is 23.0 Å². The van der Waals surface area contributed by atoms with Gasteiger partial charge >= 0.3 is 5.97 Å². The van der Waals surface area contributed by atoms with Crippen molar-refractivity contribution in [1.82, 2.24) is 9.21 Å². The lowest BCUT2D eigenvalue weighted by molar-refractivity contribution is 0.0483. The number of rotatable bonds is 7. The van der Waals surface area contributed by atoms with Crippen LogP contribution in [0.3, 0.4) is 0 Å². The van der Waals surface area contributed by atoms with Gasteiger partial charge in [0.05, 0.1) is 6.61 Å². The lowest BCUT2D eigenvalue weighted by Gasteiger charge is -2.33. The number of hydrogen-bond donors (Lipinski definition) is 0. The molecule has 1 saturated heterocycles. The standard InChI is InChI=1S/C19H24N2O5S/c1-2-25-19(22)17-8-9-18(26-17)27(23,24)21-14-12-20(13-15-21)11-10-16-6-4-3-5-7-16/h3-9H,2,10-15H2,1H3. The molecule has 0 bridgehead atoms. The molecule has 0 atom stereocenters. The Morgan fingerprint density at radius 3 is 2.44 bits per heavy atom. The summed E-state index contributed by atoms with van der Waals surface area (Å²) in [6.07, 6.45) is 0.939. The molecule has 8 heteroatoms. The Kier molecular flexibility index (Phi) is 6.30. The van der Waals surface area contributed by atoms with Crippen LogP contribution in [0.5, 0.6) is 0 Å². The highest BCUT2D eigenvalue weighted by Gasteiger charge is 2.31. The topological polar surface area (TPSA) is 80.1 Å². The van der Waals surface area contributed by atoms with Crippen LogP contribution in [0.2, 0.25) is 0 Å². The smallest absolute Gasteiger partial charge is 0.374 e. The van der Waals surface area contributed by atoms with Crippen LogP contribution in [0.15, 0.2) is 52.0 Å². The number of benzene rings is 1. The van der Waals surface area contributed by atoms with Gasteiger partial charge < -0.3 is 14.1 Å². The van der Waals surface area contributed by atoms with E-state index in [-0.39, 0.29) is 17.5 Å². The summed E-state index contributed by atoms with van der Waals surface area (Å²) < 4.78 is 36.9. The summed E-state index contributed by atoms with van der Waals surface area (Å²) in [5.41, 5.74) is 1.27. The molecule has 0 spiro atoms. The molecule has 0 amide bonds. The number of carbonyl (C=O) groups is 1. The van der Waals surface area contributed by atoms with Crippen LogP contribution in [-0.4, -0.2) is 62.9 Å². The lowest BCUT2D eigenvalue weighted by atomic mass is 10.1. The van der Waals surface area contributed by atoms with E-state index in [0.29, 0.717) is 26.2 Å². The minimum Gasteiger partial charge on any atom is -0.460 e. The van der Waals surface area contributed by atoms with E-state index in [2.05, 4.69) is 17.0 Å². The molecule has 0 N–H and O–H groups in total. The molecule has 0 unspecified atom stereocenters. The van der Waals surface area contributed by atoms with Gasteiger partial charge in [0.15, 0.2) is 0 Å². The molecule has 27 heavy (non-hydrogen) atoms. The molecule has 1 aliphatic rings. The van der Waals surface area contributed by atoms with Crippen molar-refractivity contribution in [3.63, 3.8) is 0 Å². The van der Waals surface area contributed by atoms with Gasteiger partial charge in [-0.2, -0.15) is 4.31 Å². The summed E-state index contributed by atoms with van der Waals surface area (Å²) in [5, 5.41) is -0.219. The van der Waals surface area contributed by atoms with Crippen LogP contribution >= 0.6 is 0 Å². The number of furan rings is 1. The average molecular weight is 392 g/mol. The number of carbonyl (C=O) groups excluding carboxylic acids is 1. The van der Waals surface area contributed by atoms with Crippen molar-refractivity contribution in [1.29, 1.82) is 0 Å². The van der Waals surface area contributed by atoms with E-state index in [1.54, 1.807) is 6.92 Å². The first-order valence-electron chi connectivity index (χ1n) is 9.04. The van der Waals surface area contributed by atoms with Crippen molar-refractivity contribution in [2.24, 2.45) is 0 Å². The average Bonchev–Trinajstić information content (AvgIpc) is 3.19. The van der Waals surface area contributed by atoms with Gasteiger partial charge in [0, 0.05) is 32.7 Å². The third-order valence-electron chi connectivity index (χ3n) is 4.54. The number of ether oxygens (including phenoxy) is 1. The summed E-state index contributed by atoms with van der Waals surface area (Å²) in [6, 6.07) is 12.9. The highest BCUT2D eigenvalue weighted by Crippen LogP contribution is 2.21. The molecule has 0 saturated carbocycles. The zero-order valence-corrected chi connectivity index (χ0v) is 16.2. The van der Waals surface area contributed by atoms with E-state index in [0.717, 1.165) is 13.0 Å². The van der Waals surface area contributed by atoms with Crippen molar-refractivity contribution in [3.8, 4) is 0 Å². The highest BCUT2D eigenvalue weighted by molar-refractivity contribution is 7.89. The number of nitrogens with zero attached hydrogens (tertiary/aromatic N) is 2. The highest BCUT2D eigenvalue weighted by atomic mass is 32.2. The fourth-order valence-electron chi connectivity index (χ4n) is 3.02. The van der Waals surface area contributed by atoms with Gasteiger partial charge in [-0.1, -0.05) is 30.3 Å². The first kappa shape index (κ1) is 19.6. The Bertz CT molecular complexity index is 855. The minimum atomic E-state index is -3.75. The summed E-state index contributed by atoms with van der Waals surface area (Å²) in [4.78, 5) is 13.9. The summed E-state index contributed by atoms with van der Waals surface area (Å²) >= 11 is 0. The van der Waals surface area contributed by atoms with E-state index in [1.165, 1.54) is 22.0 Å².